The number of benzene rings is 2. The average molecular weight is 353 g/mol. The van der Waals surface area contributed by atoms with Gasteiger partial charge >= 0.3 is 0 Å². The molecule has 1 aliphatic heterocycles. The molecule has 0 radical (unpaired) electrons. The van der Waals surface area contributed by atoms with Gasteiger partial charge in [0.25, 0.3) is 5.69 Å². The van der Waals surface area contributed by atoms with Crippen LogP contribution in [-0.4, -0.2) is 21.7 Å². The van der Waals surface area contributed by atoms with Gasteiger partial charge in [0.05, 0.1) is 4.92 Å². The fourth-order valence-corrected chi connectivity index (χ4v) is 2.70. The molecule has 26 heavy (non-hydrogen) atoms. The Balaban J connectivity index is 1.92. The highest BCUT2D eigenvalue weighted by atomic mass is 16.6. The van der Waals surface area contributed by atoms with Crippen LogP contribution in [-0.2, 0) is 9.53 Å². The van der Waals surface area contributed by atoms with Gasteiger partial charge in [0.15, 0.2) is 0 Å². The number of hydrogen-bond acceptors (Lipinski definition) is 5. The highest BCUT2D eigenvalue weighted by Crippen LogP contribution is 2.31. The summed E-state index contributed by atoms with van der Waals surface area (Å²) in [6, 6.07) is 13.8. The van der Waals surface area contributed by atoms with E-state index in [9.17, 15) is 14.9 Å². The lowest BCUT2D eigenvalue weighted by Crippen LogP contribution is -2.25. The highest BCUT2D eigenvalue weighted by Gasteiger charge is 2.33. The van der Waals surface area contributed by atoms with Crippen molar-refractivity contribution in [3.05, 3.63) is 75.3 Å². The lowest BCUT2D eigenvalue weighted by atomic mass is 10.0. The van der Waals surface area contributed by atoms with Crippen LogP contribution >= 0.6 is 0 Å². The Morgan fingerprint density at radius 2 is 1.92 bits per heavy atom. The molecule has 1 amide bonds. The topological polar surface area (TPSA) is 85.0 Å². The molecule has 2 aromatic rings. The van der Waals surface area contributed by atoms with Crippen LogP contribution in [0.3, 0.4) is 0 Å². The lowest BCUT2D eigenvalue weighted by molar-refractivity contribution is -0.384. The number of rotatable bonds is 4. The Morgan fingerprint density at radius 1 is 1.23 bits per heavy atom. The van der Waals surface area contributed by atoms with E-state index in [1.165, 1.54) is 29.6 Å². The van der Waals surface area contributed by atoms with Crippen molar-refractivity contribution in [1.82, 2.24) is 5.01 Å². The van der Waals surface area contributed by atoms with E-state index in [0.29, 0.717) is 11.5 Å². The SMILES string of the molecule is CC(=O)N1N=C(c2cccc([N+](=O)[O-])c2)O[C@H]1c1ccc(C(C)C)cc1. The van der Waals surface area contributed by atoms with Crippen molar-refractivity contribution in [1.29, 1.82) is 0 Å². The average Bonchev–Trinajstić information content (AvgIpc) is 3.07. The molecule has 0 fully saturated rings. The number of carbonyl (C=O) groups excluding carboxylic acids is 1. The summed E-state index contributed by atoms with van der Waals surface area (Å²) in [6.45, 7) is 5.61. The van der Waals surface area contributed by atoms with Gasteiger partial charge in [0.2, 0.25) is 18.0 Å². The molecule has 0 N–H and O–H groups in total. The van der Waals surface area contributed by atoms with Gasteiger partial charge in [-0.1, -0.05) is 44.2 Å². The number of hydrazone groups is 1. The molecule has 1 heterocycles. The van der Waals surface area contributed by atoms with Crippen LogP contribution in [0.1, 0.15) is 49.6 Å². The van der Waals surface area contributed by atoms with Crippen molar-refractivity contribution in [3.8, 4) is 0 Å². The molecule has 0 saturated heterocycles. The molecule has 0 aromatic heterocycles. The van der Waals surface area contributed by atoms with Crippen molar-refractivity contribution in [3.63, 3.8) is 0 Å². The number of amides is 1. The van der Waals surface area contributed by atoms with Crippen molar-refractivity contribution >= 4 is 17.5 Å². The quantitative estimate of drug-likeness (QED) is 0.615. The summed E-state index contributed by atoms with van der Waals surface area (Å²) in [6.07, 6.45) is -0.692. The number of non-ortho nitro benzene ring substituents is 1. The Labute approximate surface area is 151 Å². The van der Waals surface area contributed by atoms with Gasteiger partial charge < -0.3 is 4.74 Å². The van der Waals surface area contributed by atoms with Crippen LogP contribution in [0.5, 0.6) is 0 Å². The zero-order valence-corrected chi connectivity index (χ0v) is 14.7. The van der Waals surface area contributed by atoms with Crippen molar-refractivity contribution in [2.45, 2.75) is 32.9 Å². The Morgan fingerprint density at radius 3 is 2.50 bits per heavy atom. The van der Waals surface area contributed by atoms with Gasteiger partial charge in [-0.15, -0.1) is 5.10 Å². The van der Waals surface area contributed by atoms with Crippen LogP contribution in [0.2, 0.25) is 0 Å². The van der Waals surface area contributed by atoms with Gasteiger partial charge in [-0.25, -0.2) is 0 Å². The van der Waals surface area contributed by atoms with E-state index in [0.717, 1.165) is 5.56 Å². The monoisotopic (exact) mass is 353 g/mol. The molecule has 0 spiro atoms. The molecular formula is C19H19N3O4. The van der Waals surface area contributed by atoms with Crippen molar-refractivity contribution < 1.29 is 14.5 Å². The minimum atomic E-state index is -0.692. The summed E-state index contributed by atoms with van der Waals surface area (Å²) in [5, 5.41) is 16.5. The first kappa shape index (κ1) is 17.6. The molecule has 7 heteroatoms. The second kappa shape index (κ2) is 6.95. The first-order chi connectivity index (χ1) is 12.4. The van der Waals surface area contributed by atoms with Crippen LogP contribution in [0.4, 0.5) is 5.69 Å². The first-order valence-electron chi connectivity index (χ1n) is 8.26. The largest absolute Gasteiger partial charge is 0.446 e. The molecule has 0 saturated carbocycles. The maximum absolute atomic E-state index is 12.0. The van der Waals surface area contributed by atoms with Crippen LogP contribution in [0, 0.1) is 10.1 Å². The molecular weight excluding hydrogens is 334 g/mol. The fourth-order valence-electron chi connectivity index (χ4n) is 2.70. The highest BCUT2D eigenvalue weighted by molar-refractivity contribution is 5.96. The van der Waals surface area contributed by atoms with Gasteiger partial charge in [-0.2, -0.15) is 5.01 Å². The summed E-state index contributed by atoms with van der Waals surface area (Å²) in [4.78, 5) is 22.5. The summed E-state index contributed by atoms with van der Waals surface area (Å²) < 4.78 is 5.88. The standard InChI is InChI=1S/C19H19N3O4/c1-12(2)14-7-9-15(10-8-14)19-21(13(3)23)20-18(26-19)16-5-4-6-17(11-16)22(24)25/h4-12,19H,1-3H3/t19-/m0/s1. The van der Waals surface area contributed by atoms with E-state index >= 15 is 0 Å². The van der Waals surface area contributed by atoms with E-state index in [-0.39, 0.29) is 17.5 Å². The van der Waals surface area contributed by atoms with E-state index in [4.69, 9.17) is 4.74 Å². The molecule has 2 aromatic carbocycles. The molecule has 134 valence electrons. The maximum Gasteiger partial charge on any atom is 0.270 e. The van der Waals surface area contributed by atoms with E-state index in [1.54, 1.807) is 12.1 Å². The Kier molecular flexibility index (Phi) is 4.71. The maximum atomic E-state index is 12.0. The summed E-state index contributed by atoms with van der Waals surface area (Å²) in [5.74, 6) is 0.305. The number of ether oxygens (including phenoxy) is 1. The summed E-state index contributed by atoms with van der Waals surface area (Å²) >= 11 is 0. The minimum absolute atomic E-state index is 0.0621. The predicted octanol–water partition coefficient (Wildman–Crippen LogP) is 3.96. The molecule has 0 bridgehead atoms. The zero-order chi connectivity index (χ0) is 18.8. The van der Waals surface area contributed by atoms with E-state index < -0.39 is 11.2 Å². The molecule has 3 rings (SSSR count). The number of hydrogen-bond donors (Lipinski definition) is 0. The van der Waals surface area contributed by atoms with Crippen molar-refractivity contribution in [2.24, 2.45) is 5.10 Å². The number of carbonyl (C=O) groups is 1. The van der Waals surface area contributed by atoms with Gasteiger partial charge in [0.1, 0.15) is 0 Å². The van der Waals surface area contributed by atoms with Gasteiger partial charge in [-0.3, -0.25) is 14.9 Å². The summed E-state index contributed by atoms with van der Waals surface area (Å²) in [7, 11) is 0. The third-order valence-corrected chi connectivity index (χ3v) is 4.16. The van der Waals surface area contributed by atoms with Crippen molar-refractivity contribution in [2.75, 3.05) is 0 Å². The van der Waals surface area contributed by atoms with Crippen LogP contribution in [0.15, 0.2) is 53.6 Å². The predicted molar refractivity (Wildman–Crippen MR) is 96.5 cm³/mol. The first-order valence-corrected chi connectivity index (χ1v) is 8.26. The van der Waals surface area contributed by atoms with Crippen LogP contribution < -0.4 is 0 Å². The number of nitro benzene ring substituents is 1. The Hall–Kier alpha value is -3.22. The second-order valence-corrected chi connectivity index (χ2v) is 6.37. The molecule has 1 atom stereocenters. The van der Waals surface area contributed by atoms with Crippen LogP contribution in [0.25, 0.3) is 0 Å². The molecule has 0 unspecified atom stereocenters. The molecule has 1 aliphatic rings. The lowest BCUT2D eigenvalue weighted by Gasteiger charge is -2.19. The fraction of sp³-hybridized carbons (Fsp3) is 0.263. The Bertz CT molecular complexity index is 875. The number of nitro groups is 1. The van der Waals surface area contributed by atoms with E-state index in [2.05, 4.69) is 18.9 Å². The number of nitrogens with zero attached hydrogens (tertiary/aromatic N) is 3. The normalized spacial score (nSPS) is 16.4. The van der Waals surface area contributed by atoms with Gasteiger partial charge in [-0.05, 0) is 17.5 Å². The second-order valence-electron chi connectivity index (χ2n) is 6.37. The molecule has 0 aliphatic carbocycles. The van der Waals surface area contributed by atoms with E-state index in [1.807, 2.05) is 24.3 Å². The minimum Gasteiger partial charge on any atom is -0.446 e. The van der Waals surface area contributed by atoms with Gasteiger partial charge in [0, 0.05) is 30.2 Å². The zero-order valence-electron chi connectivity index (χ0n) is 14.7. The smallest absolute Gasteiger partial charge is 0.270 e. The molecule has 7 nitrogen and oxygen atoms in total. The third kappa shape index (κ3) is 3.42. The third-order valence-electron chi connectivity index (χ3n) is 4.16. The summed E-state index contributed by atoms with van der Waals surface area (Å²) in [5.41, 5.74) is 2.36.